The van der Waals surface area contributed by atoms with E-state index in [9.17, 15) is 14.4 Å². The number of ether oxygens (including phenoxy) is 1. The molecule has 9 heteroatoms. The Kier molecular flexibility index (Phi) is 7.16. The fraction of sp³-hybridized carbons (Fsp3) is 0.308. The standard InChI is InChI=1S/C26H27N3O5S/c1-4-29(15(2)13-22(30)31)24(32)23-16(3)27-25(35-23)28-26(33)34-14-21-19-11-7-5-9-17(19)18-10-6-8-12-20(18)21/h5-12,15,21H,4,13-14H2,1-3H3,(H,30,31)(H,27,28,33). The number of carbonyl (C=O) groups excluding carboxylic acids is 2. The highest BCUT2D eigenvalue weighted by molar-refractivity contribution is 7.17. The summed E-state index contributed by atoms with van der Waals surface area (Å²) in [6, 6.07) is 15.7. The van der Waals surface area contributed by atoms with Crippen LogP contribution in [0.5, 0.6) is 0 Å². The molecule has 35 heavy (non-hydrogen) atoms. The number of amides is 2. The Labute approximate surface area is 207 Å². The summed E-state index contributed by atoms with van der Waals surface area (Å²) in [6.07, 6.45) is -0.798. The molecule has 1 atom stereocenters. The summed E-state index contributed by atoms with van der Waals surface area (Å²) < 4.78 is 5.56. The highest BCUT2D eigenvalue weighted by atomic mass is 32.1. The number of aromatic nitrogens is 1. The van der Waals surface area contributed by atoms with Crippen molar-refractivity contribution in [2.45, 2.75) is 39.2 Å². The quantitative estimate of drug-likeness (QED) is 0.450. The van der Waals surface area contributed by atoms with Crippen molar-refractivity contribution >= 4 is 34.4 Å². The van der Waals surface area contributed by atoms with Gasteiger partial charge in [0.1, 0.15) is 11.5 Å². The van der Waals surface area contributed by atoms with Gasteiger partial charge in [-0.15, -0.1) is 0 Å². The molecule has 4 rings (SSSR count). The van der Waals surface area contributed by atoms with E-state index < -0.39 is 18.1 Å². The zero-order valence-corrected chi connectivity index (χ0v) is 20.6. The van der Waals surface area contributed by atoms with E-state index in [2.05, 4.69) is 22.4 Å². The van der Waals surface area contributed by atoms with Gasteiger partial charge in [-0.25, -0.2) is 9.78 Å². The van der Waals surface area contributed by atoms with E-state index in [1.165, 1.54) is 4.90 Å². The number of fused-ring (bicyclic) bond motifs is 3. The van der Waals surface area contributed by atoms with Crippen molar-refractivity contribution in [3.63, 3.8) is 0 Å². The van der Waals surface area contributed by atoms with Crippen molar-refractivity contribution in [2.24, 2.45) is 0 Å². The third-order valence-corrected chi connectivity index (χ3v) is 7.21. The van der Waals surface area contributed by atoms with Crippen LogP contribution in [0.1, 0.15) is 52.7 Å². The maximum absolute atomic E-state index is 13.0. The molecule has 2 amide bonds. The van der Waals surface area contributed by atoms with Crippen LogP contribution in [0.2, 0.25) is 0 Å². The third kappa shape index (κ3) is 5.05. The van der Waals surface area contributed by atoms with Gasteiger partial charge in [0.2, 0.25) is 0 Å². The van der Waals surface area contributed by atoms with Crippen molar-refractivity contribution in [2.75, 3.05) is 18.5 Å². The number of anilines is 1. The number of nitrogens with one attached hydrogen (secondary N) is 1. The minimum Gasteiger partial charge on any atom is -0.481 e. The molecule has 0 bridgehead atoms. The molecule has 0 fully saturated rings. The maximum Gasteiger partial charge on any atom is 0.413 e. The Morgan fingerprint density at radius 1 is 1.11 bits per heavy atom. The first-order chi connectivity index (χ1) is 16.8. The van der Waals surface area contributed by atoms with Crippen molar-refractivity contribution < 1.29 is 24.2 Å². The molecule has 2 N–H and O–H groups in total. The Balaban J connectivity index is 1.42. The van der Waals surface area contributed by atoms with Crippen LogP contribution in [0, 0.1) is 6.92 Å². The molecule has 1 aliphatic carbocycles. The SMILES string of the molecule is CCN(C(=O)c1sc(NC(=O)OCC2c3ccccc3-c3ccccc32)nc1C)C(C)CC(=O)O. The molecule has 2 aromatic carbocycles. The summed E-state index contributed by atoms with van der Waals surface area (Å²) >= 11 is 1.05. The zero-order valence-electron chi connectivity index (χ0n) is 19.8. The highest BCUT2D eigenvalue weighted by Crippen LogP contribution is 2.44. The Hall–Kier alpha value is -3.72. The first kappa shape index (κ1) is 24.4. The van der Waals surface area contributed by atoms with Crippen molar-refractivity contribution in [1.82, 2.24) is 9.88 Å². The molecular weight excluding hydrogens is 466 g/mol. The Morgan fingerprint density at radius 3 is 2.29 bits per heavy atom. The zero-order chi connectivity index (χ0) is 25.1. The number of thiazole rings is 1. The van der Waals surface area contributed by atoms with Crippen molar-refractivity contribution in [1.29, 1.82) is 0 Å². The van der Waals surface area contributed by atoms with Crippen LogP contribution in [0.3, 0.4) is 0 Å². The van der Waals surface area contributed by atoms with E-state index in [4.69, 9.17) is 9.84 Å². The Morgan fingerprint density at radius 2 is 1.71 bits per heavy atom. The molecule has 0 aliphatic heterocycles. The van der Waals surface area contributed by atoms with Crippen LogP contribution in [0.4, 0.5) is 9.93 Å². The minimum absolute atomic E-state index is 0.0582. The molecule has 0 spiro atoms. The van der Waals surface area contributed by atoms with E-state index >= 15 is 0 Å². The number of aliphatic carboxylic acids is 1. The van der Waals surface area contributed by atoms with E-state index in [0.717, 1.165) is 33.6 Å². The molecule has 1 heterocycles. The van der Waals surface area contributed by atoms with Crippen LogP contribution in [-0.4, -0.2) is 52.2 Å². The van der Waals surface area contributed by atoms with Gasteiger partial charge in [0.15, 0.2) is 5.13 Å². The third-order valence-electron chi connectivity index (χ3n) is 6.15. The highest BCUT2D eigenvalue weighted by Gasteiger charge is 2.30. The number of benzene rings is 2. The molecule has 0 radical (unpaired) electrons. The average molecular weight is 494 g/mol. The largest absolute Gasteiger partial charge is 0.481 e. The first-order valence-electron chi connectivity index (χ1n) is 11.4. The van der Waals surface area contributed by atoms with Gasteiger partial charge in [0, 0.05) is 18.5 Å². The summed E-state index contributed by atoms with van der Waals surface area (Å²) in [4.78, 5) is 42.8. The molecule has 8 nitrogen and oxygen atoms in total. The molecule has 0 saturated heterocycles. The number of hydrogen-bond donors (Lipinski definition) is 2. The first-order valence-corrected chi connectivity index (χ1v) is 12.2. The van der Waals surface area contributed by atoms with Gasteiger partial charge in [0.25, 0.3) is 5.91 Å². The monoisotopic (exact) mass is 493 g/mol. The van der Waals surface area contributed by atoms with Gasteiger partial charge < -0.3 is 14.7 Å². The van der Waals surface area contributed by atoms with Gasteiger partial charge in [0.05, 0.1) is 12.1 Å². The number of carboxylic acids is 1. The van der Waals surface area contributed by atoms with Gasteiger partial charge in [-0.3, -0.25) is 14.9 Å². The van der Waals surface area contributed by atoms with Gasteiger partial charge in [-0.2, -0.15) is 0 Å². The summed E-state index contributed by atoms with van der Waals surface area (Å²) in [6.45, 7) is 5.71. The van der Waals surface area contributed by atoms with E-state index in [0.29, 0.717) is 17.1 Å². The fourth-order valence-corrected chi connectivity index (χ4v) is 5.43. The summed E-state index contributed by atoms with van der Waals surface area (Å²) in [5.41, 5.74) is 5.00. The predicted octanol–water partition coefficient (Wildman–Crippen LogP) is 5.14. The summed E-state index contributed by atoms with van der Waals surface area (Å²) in [7, 11) is 0. The topological polar surface area (TPSA) is 109 Å². The van der Waals surface area contributed by atoms with Crippen molar-refractivity contribution in [3.05, 3.63) is 70.2 Å². The maximum atomic E-state index is 13.0. The lowest BCUT2D eigenvalue weighted by Gasteiger charge is -2.26. The molecule has 0 saturated carbocycles. The van der Waals surface area contributed by atoms with Gasteiger partial charge >= 0.3 is 12.1 Å². The number of hydrogen-bond acceptors (Lipinski definition) is 6. The van der Waals surface area contributed by atoms with Crippen LogP contribution >= 0.6 is 11.3 Å². The predicted molar refractivity (Wildman–Crippen MR) is 134 cm³/mol. The fourth-order valence-electron chi connectivity index (χ4n) is 4.52. The van der Waals surface area contributed by atoms with Gasteiger partial charge in [-0.05, 0) is 43.0 Å². The lowest BCUT2D eigenvalue weighted by atomic mass is 9.98. The number of aryl methyl sites for hydroxylation is 1. The summed E-state index contributed by atoms with van der Waals surface area (Å²) in [5, 5.41) is 12.0. The van der Waals surface area contributed by atoms with E-state index in [1.54, 1.807) is 20.8 Å². The minimum atomic E-state index is -0.970. The normalized spacial score (nSPS) is 13.0. The van der Waals surface area contributed by atoms with Gasteiger partial charge in [-0.1, -0.05) is 59.9 Å². The lowest BCUT2D eigenvalue weighted by molar-refractivity contribution is -0.138. The number of carbonyl (C=O) groups is 3. The molecule has 182 valence electrons. The van der Waals surface area contributed by atoms with Crippen LogP contribution in [0.15, 0.2) is 48.5 Å². The van der Waals surface area contributed by atoms with E-state index in [1.807, 2.05) is 36.4 Å². The Bertz CT molecular complexity index is 1230. The molecule has 1 aliphatic rings. The number of carboxylic acid groups (broad SMARTS) is 1. The lowest BCUT2D eigenvalue weighted by Crippen LogP contribution is -2.39. The molecule has 1 unspecified atom stereocenters. The second-order valence-electron chi connectivity index (χ2n) is 8.42. The number of nitrogens with zero attached hydrogens (tertiary/aromatic N) is 2. The van der Waals surface area contributed by atoms with E-state index in [-0.39, 0.29) is 30.0 Å². The second kappa shape index (κ2) is 10.3. The van der Waals surface area contributed by atoms with Crippen LogP contribution in [0.25, 0.3) is 11.1 Å². The van der Waals surface area contributed by atoms with Crippen LogP contribution < -0.4 is 5.32 Å². The van der Waals surface area contributed by atoms with Crippen LogP contribution in [-0.2, 0) is 9.53 Å². The molecular formula is C26H27N3O5S. The smallest absolute Gasteiger partial charge is 0.413 e. The summed E-state index contributed by atoms with van der Waals surface area (Å²) in [5.74, 6) is -1.34. The number of rotatable bonds is 8. The average Bonchev–Trinajstić information content (AvgIpc) is 3.35. The van der Waals surface area contributed by atoms with Crippen molar-refractivity contribution in [3.8, 4) is 11.1 Å². The molecule has 1 aromatic heterocycles. The second-order valence-corrected chi connectivity index (χ2v) is 9.42. The molecule has 3 aromatic rings.